The number of benzene rings is 1. The van der Waals surface area contributed by atoms with Gasteiger partial charge in [-0.25, -0.2) is 17.8 Å². The molecule has 8 heteroatoms. The van der Waals surface area contributed by atoms with Gasteiger partial charge in [-0.1, -0.05) is 12.1 Å². The molecule has 1 aliphatic carbocycles. The maximum Gasteiger partial charge on any atom is 0.267 e. The van der Waals surface area contributed by atoms with E-state index in [9.17, 15) is 13.2 Å². The minimum atomic E-state index is -3.72. The lowest BCUT2D eigenvalue weighted by Gasteiger charge is -2.16. The molecule has 0 bridgehead atoms. The summed E-state index contributed by atoms with van der Waals surface area (Å²) in [5.74, 6) is 0.277. The number of ether oxygens (including phenoxy) is 1. The van der Waals surface area contributed by atoms with E-state index >= 15 is 0 Å². The summed E-state index contributed by atoms with van der Waals surface area (Å²) in [7, 11) is -2.30. The smallest absolute Gasteiger partial charge is 0.267 e. The lowest BCUT2D eigenvalue weighted by molar-refractivity contribution is 0.402. The molecule has 1 heterocycles. The molecule has 0 amide bonds. The number of hydrogen-bond acceptors (Lipinski definition) is 5. The Hall–Kier alpha value is -2.19. The van der Waals surface area contributed by atoms with Crippen molar-refractivity contribution >= 4 is 10.0 Å². The number of para-hydroxylation sites is 1. The van der Waals surface area contributed by atoms with Crippen molar-refractivity contribution < 1.29 is 13.2 Å². The highest BCUT2D eigenvalue weighted by Crippen LogP contribution is 2.22. The number of nitrogens with one attached hydrogen (secondary N) is 1. The Morgan fingerprint density at radius 1 is 1.24 bits per heavy atom. The van der Waals surface area contributed by atoms with Gasteiger partial charge in [0, 0.05) is 12.6 Å². The third-order valence-corrected chi connectivity index (χ3v) is 5.75. The van der Waals surface area contributed by atoms with E-state index in [1.807, 2.05) is 0 Å². The fourth-order valence-corrected chi connectivity index (χ4v) is 4.16. The van der Waals surface area contributed by atoms with Crippen LogP contribution in [0.3, 0.4) is 0 Å². The van der Waals surface area contributed by atoms with E-state index in [4.69, 9.17) is 4.74 Å². The van der Waals surface area contributed by atoms with Gasteiger partial charge in [0.05, 0.1) is 19.3 Å². The third-order valence-electron chi connectivity index (χ3n) is 4.25. The van der Waals surface area contributed by atoms with E-state index in [-0.39, 0.29) is 29.3 Å². The van der Waals surface area contributed by atoms with Crippen LogP contribution < -0.4 is 15.0 Å². The van der Waals surface area contributed by atoms with Crippen LogP contribution in [-0.2, 0) is 29.4 Å². The molecule has 0 aliphatic heterocycles. The van der Waals surface area contributed by atoms with Crippen LogP contribution in [0.15, 0.2) is 40.0 Å². The van der Waals surface area contributed by atoms with Gasteiger partial charge in [0.1, 0.15) is 10.6 Å². The van der Waals surface area contributed by atoms with Gasteiger partial charge in [0.15, 0.2) is 0 Å². The summed E-state index contributed by atoms with van der Waals surface area (Å²) in [6.45, 7) is 0.257. The van der Waals surface area contributed by atoms with Crippen LogP contribution in [0.5, 0.6) is 5.75 Å². The van der Waals surface area contributed by atoms with Crippen molar-refractivity contribution in [3.63, 3.8) is 0 Å². The summed E-state index contributed by atoms with van der Waals surface area (Å²) in [6, 6.07) is 8.02. The molecule has 1 aliphatic rings. The molecular formula is C17H21N3O4S. The maximum atomic E-state index is 12.4. The molecule has 0 saturated heterocycles. The van der Waals surface area contributed by atoms with Gasteiger partial charge in [-0.05, 0) is 43.4 Å². The van der Waals surface area contributed by atoms with E-state index in [2.05, 4.69) is 9.82 Å². The number of sulfonamides is 1. The Morgan fingerprint density at radius 2 is 2.00 bits per heavy atom. The van der Waals surface area contributed by atoms with Crippen LogP contribution in [0, 0.1) is 0 Å². The Bertz CT molecular complexity index is 922. The van der Waals surface area contributed by atoms with Crippen molar-refractivity contribution in [2.45, 2.75) is 37.1 Å². The molecule has 7 nitrogen and oxygen atoms in total. The van der Waals surface area contributed by atoms with Crippen molar-refractivity contribution in [1.82, 2.24) is 14.5 Å². The zero-order chi connectivity index (χ0) is 17.9. The lowest BCUT2D eigenvalue weighted by atomic mass is 9.97. The Kier molecular flexibility index (Phi) is 5.19. The van der Waals surface area contributed by atoms with Gasteiger partial charge in [-0.2, -0.15) is 5.10 Å². The fraction of sp³-hybridized carbons (Fsp3) is 0.412. The summed E-state index contributed by atoms with van der Waals surface area (Å²) in [5.41, 5.74) is 1.76. The lowest BCUT2D eigenvalue weighted by Crippen LogP contribution is -2.33. The number of methoxy groups -OCH3 is 1. The van der Waals surface area contributed by atoms with Crippen LogP contribution in [0.4, 0.5) is 0 Å². The van der Waals surface area contributed by atoms with Crippen LogP contribution in [0.2, 0.25) is 0 Å². The predicted octanol–water partition coefficient (Wildman–Crippen LogP) is 1.11. The van der Waals surface area contributed by atoms with E-state index in [1.165, 1.54) is 17.9 Å². The van der Waals surface area contributed by atoms with Crippen molar-refractivity contribution in [3.05, 3.63) is 51.9 Å². The second kappa shape index (κ2) is 7.37. The fourth-order valence-electron chi connectivity index (χ4n) is 2.97. The number of hydrogen-bond donors (Lipinski definition) is 1. The first kappa shape index (κ1) is 17.6. The van der Waals surface area contributed by atoms with Crippen molar-refractivity contribution in [3.8, 4) is 5.75 Å². The van der Waals surface area contributed by atoms with E-state index < -0.39 is 10.0 Å². The van der Waals surface area contributed by atoms with Gasteiger partial charge in [-0.3, -0.25) is 4.79 Å². The molecule has 134 valence electrons. The first-order valence-corrected chi connectivity index (χ1v) is 9.72. The first-order chi connectivity index (χ1) is 12.0. The number of aryl methyl sites for hydroxylation is 2. The standard InChI is InChI=1S/C17H21N3O4S/c1-24-15-8-4-5-9-16(15)25(22,23)18-10-11-20-17(21)12-13-6-2-3-7-14(13)19-20/h4-5,8-9,12,18H,2-3,6-7,10-11H2,1H3. The van der Waals surface area contributed by atoms with Crippen LogP contribution in [-0.4, -0.2) is 31.9 Å². The summed E-state index contributed by atoms with van der Waals surface area (Å²) in [5, 5.41) is 4.38. The van der Waals surface area contributed by atoms with Gasteiger partial charge in [0.2, 0.25) is 10.0 Å². The van der Waals surface area contributed by atoms with E-state index in [0.717, 1.165) is 36.9 Å². The van der Waals surface area contributed by atoms with Crippen LogP contribution in [0.1, 0.15) is 24.1 Å². The number of nitrogens with zero attached hydrogens (tertiary/aromatic N) is 2. The average molecular weight is 363 g/mol. The molecule has 0 atom stereocenters. The topological polar surface area (TPSA) is 90.3 Å². The van der Waals surface area contributed by atoms with Crippen LogP contribution in [0.25, 0.3) is 0 Å². The molecule has 0 unspecified atom stereocenters. The molecule has 2 aromatic rings. The third kappa shape index (κ3) is 3.91. The molecule has 25 heavy (non-hydrogen) atoms. The summed E-state index contributed by atoms with van der Waals surface area (Å²) in [4.78, 5) is 12.2. The molecule has 1 aromatic carbocycles. The van der Waals surface area contributed by atoms with E-state index in [1.54, 1.807) is 24.3 Å². The SMILES string of the molecule is COc1ccccc1S(=O)(=O)NCCn1nc2c(cc1=O)CCCC2. The zero-order valence-electron chi connectivity index (χ0n) is 14.1. The Balaban J connectivity index is 1.71. The summed E-state index contributed by atoms with van der Waals surface area (Å²) < 4.78 is 33.8. The van der Waals surface area contributed by atoms with Gasteiger partial charge < -0.3 is 4.74 Å². The Morgan fingerprint density at radius 3 is 2.80 bits per heavy atom. The summed E-state index contributed by atoms with van der Waals surface area (Å²) >= 11 is 0. The van der Waals surface area contributed by atoms with Gasteiger partial charge >= 0.3 is 0 Å². The number of rotatable bonds is 6. The van der Waals surface area contributed by atoms with Crippen molar-refractivity contribution in [1.29, 1.82) is 0 Å². The van der Waals surface area contributed by atoms with Crippen molar-refractivity contribution in [2.24, 2.45) is 0 Å². The normalized spacial score (nSPS) is 14.1. The van der Waals surface area contributed by atoms with Crippen LogP contribution >= 0.6 is 0 Å². The second-order valence-corrected chi connectivity index (χ2v) is 7.67. The highest BCUT2D eigenvalue weighted by atomic mass is 32.2. The van der Waals surface area contributed by atoms with Crippen molar-refractivity contribution in [2.75, 3.05) is 13.7 Å². The molecule has 1 N–H and O–H groups in total. The first-order valence-electron chi connectivity index (χ1n) is 8.24. The molecule has 3 rings (SSSR count). The van der Waals surface area contributed by atoms with E-state index in [0.29, 0.717) is 0 Å². The Labute approximate surface area is 146 Å². The highest BCUT2D eigenvalue weighted by molar-refractivity contribution is 7.89. The highest BCUT2D eigenvalue weighted by Gasteiger charge is 2.19. The molecule has 0 fully saturated rings. The molecule has 0 saturated carbocycles. The maximum absolute atomic E-state index is 12.4. The average Bonchev–Trinajstić information content (AvgIpc) is 2.62. The summed E-state index contributed by atoms with van der Waals surface area (Å²) in [6.07, 6.45) is 3.90. The zero-order valence-corrected chi connectivity index (χ0v) is 14.9. The minimum Gasteiger partial charge on any atom is -0.495 e. The number of fused-ring (bicyclic) bond motifs is 1. The van der Waals surface area contributed by atoms with Gasteiger partial charge in [-0.15, -0.1) is 0 Å². The molecule has 0 radical (unpaired) electrons. The largest absolute Gasteiger partial charge is 0.495 e. The quantitative estimate of drug-likeness (QED) is 0.830. The molecular weight excluding hydrogens is 342 g/mol. The molecule has 1 aromatic heterocycles. The second-order valence-electron chi connectivity index (χ2n) is 5.93. The predicted molar refractivity (Wildman–Crippen MR) is 93.3 cm³/mol. The molecule has 0 spiro atoms. The number of aromatic nitrogens is 2. The minimum absolute atomic E-state index is 0.0725. The monoisotopic (exact) mass is 363 g/mol. The van der Waals surface area contributed by atoms with Gasteiger partial charge in [0.25, 0.3) is 5.56 Å².